The van der Waals surface area contributed by atoms with Gasteiger partial charge in [0, 0.05) is 30.8 Å². The third-order valence-corrected chi connectivity index (χ3v) is 5.71. The van der Waals surface area contributed by atoms with Gasteiger partial charge >= 0.3 is 6.09 Å². The molecule has 1 aromatic rings. The lowest BCUT2D eigenvalue weighted by atomic mass is 9.66. The van der Waals surface area contributed by atoms with Gasteiger partial charge in [-0.05, 0) is 40.0 Å². The van der Waals surface area contributed by atoms with E-state index in [-0.39, 0.29) is 18.2 Å². The van der Waals surface area contributed by atoms with Gasteiger partial charge in [0.2, 0.25) is 0 Å². The minimum absolute atomic E-state index is 0.170. The number of carbonyl (C=O) groups is 1. The molecule has 1 aliphatic heterocycles. The Balaban J connectivity index is 1.83. The number of ether oxygens (including phenoxy) is 1. The van der Waals surface area contributed by atoms with E-state index in [4.69, 9.17) is 4.74 Å². The number of piperidine rings is 1. The molecule has 26 heavy (non-hydrogen) atoms. The maximum absolute atomic E-state index is 12.5. The predicted octanol–water partition coefficient (Wildman–Crippen LogP) is 2.18. The third kappa shape index (κ3) is 3.63. The van der Waals surface area contributed by atoms with Crippen LogP contribution in [0.1, 0.15) is 52.9 Å². The van der Waals surface area contributed by atoms with Crippen molar-refractivity contribution < 1.29 is 14.6 Å². The van der Waals surface area contributed by atoms with Gasteiger partial charge in [-0.2, -0.15) is 0 Å². The van der Waals surface area contributed by atoms with Crippen LogP contribution in [0.4, 0.5) is 4.79 Å². The molecule has 1 N–H and O–H groups in total. The molecule has 1 spiro atoms. The molecular weight excluding hydrogens is 334 g/mol. The predicted molar refractivity (Wildman–Crippen MR) is 96.8 cm³/mol. The zero-order valence-electron chi connectivity index (χ0n) is 15.9. The van der Waals surface area contributed by atoms with Crippen LogP contribution in [0.25, 0.3) is 0 Å². The molecule has 1 aliphatic carbocycles. The average molecular weight is 363 g/mol. The van der Waals surface area contributed by atoms with E-state index in [1.165, 1.54) is 23.2 Å². The number of nitrogens with zero attached hydrogens (tertiary/aromatic N) is 3. The summed E-state index contributed by atoms with van der Waals surface area (Å²) >= 11 is 0. The topological polar surface area (TPSA) is 84.7 Å². The van der Waals surface area contributed by atoms with Gasteiger partial charge in [-0.15, -0.1) is 0 Å². The van der Waals surface area contributed by atoms with Crippen LogP contribution >= 0.6 is 0 Å². The van der Waals surface area contributed by atoms with Gasteiger partial charge in [0.1, 0.15) is 5.60 Å². The summed E-state index contributed by atoms with van der Waals surface area (Å²) in [5, 5.41) is 11.6. The van der Waals surface area contributed by atoms with E-state index in [9.17, 15) is 14.7 Å². The molecule has 0 bridgehead atoms. The molecule has 1 aromatic heterocycles. The number of hydrogen-bond acceptors (Lipinski definition) is 5. The summed E-state index contributed by atoms with van der Waals surface area (Å²) in [7, 11) is 0. The van der Waals surface area contributed by atoms with Crippen LogP contribution in [0.2, 0.25) is 0 Å². The van der Waals surface area contributed by atoms with Crippen molar-refractivity contribution in [2.24, 2.45) is 5.41 Å². The molecule has 2 aliphatic rings. The second-order valence-electron chi connectivity index (χ2n) is 8.72. The minimum Gasteiger partial charge on any atom is -0.444 e. The molecule has 7 heteroatoms. The number of aromatic nitrogens is 2. The average Bonchev–Trinajstić information content (AvgIpc) is 3.01. The van der Waals surface area contributed by atoms with E-state index in [2.05, 4.69) is 4.98 Å². The summed E-state index contributed by atoms with van der Waals surface area (Å²) in [6, 6.07) is 1.40. The van der Waals surface area contributed by atoms with E-state index in [0.717, 1.165) is 25.7 Å². The fraction of sp³-hybridized carbons (Fsp3) is 0.737. The molecule has 1 saturated heterocycles. The summed E-state index contributed by atoms with van der Waals surface area (Å²) in [6.07, 6.45) is 6.76. The second-order valence-corrected chi connectivity index (χ2v) is 8.72. The lowest BCUT2D eigenvalue weighted by Crippen LogP contribution is -2.62. The standard InChI is InChI=1S/C19H29N3O4/c1-17(2,3)26-16(24)21-11-9-19(25,18(12-21)7-4-5-8-18)13-22-14-20-10-6-15(22)23/h6,10,14,25H,4-5,7-9,11-13H2,1-3H3/t19-/m1/s1. The van der Waals surface area contributed by atoms with E-state index < -0.39 is 16.6 Å². The van der Waals surface area contributed by atoms with Crippen molar-refractivity contribution in [3.8, 4) is 0 Å². The van der Waals surface area contributed by atoms with Crippen LogP contribution < -0.4 is 5.56 Å². The highest BCUT2D eigenvalue weighted by molar-refractivity contribution is 5.68. The molecule has 0 radical (unpaired) electrons. The zero-order valence-corrected chi connectivity index (χ0v) is 15.9. The first-order valence-corrected chi connectivity index (χ1v) is 9.35. The summed E-state index contributed by atoms with van der Waals surface area (Å²) in [4.78, 5) is 30.4. The lowest BCUT2D eigenvalue weighted by molar-refractivity contribution is -0.140. The van der Waals surface area contributed by atoms with Crippen LogP contribution in [0.15, 0.2) is 23.4 Å². The van der Waals surface area contributed by atoms with Crippen LogP contribution in [0.5, 0.6) is 0 Å². The Morgan fingerprint density at radius 1 is 1.31 bits per heavy atom. The number of rotatable bonds is 2. The largest absolute Gasteiger partial charge is 0.444 e. The van der Waals surface area contributed by atoms with Crippen LogP contribution in [-0.2, 0) is 11.3 Å². The highest BCUT2D eigenvalue weighted by atomic mass is 16.6. The maximum atomic E-state index is 12.5. The molecule has 2 heterocycles. The van der Waals surface area contributed by atoms with Gasteiger partial charge in [0.15, 0.2) is 0 Å². The van der Waals surface area contributed by atoms with Crippen LogP contribution in [0, 0.1) is 5.41 Å². The smallest absolute Gasteiger partial charge is 0.410 e. The highest BCUT2D eigenvalue weighted by Crippen LogP contribution is 2.51. The SMILES string of the molecule is CC(C)(C)OC(=O)N1CC[C@@](O)(Cn2cnccc2=O)C2(CCCC2)C1. The first-order valence-electron chi connectivity index (χ1n) is 9.35. The van der Waals surface area contributed by atoms with Crippen molar-refractivity contribution in [2.45, 2.75) is 70.6 Å². The van der Waals surface area contributed by atoms with E-state index in [1.807, 2.05) is 20.8 Å². The van der Waals surface area contributed by atoms with Crippen molar-refractivity contribution >= 4 is 6.09 Å². The summed E-state index contributed by atoms with van der Waals surface area (Å²) in [6.45, 7) is 6.65. The monoisotopic (exact) mass is 363 g/mol. The fourth-order valence-electron chi connectivity index (χ4n) is 4.36. The Bertz CT molecular complexity index is 718. The van der Waals surface area contributed by atoms with Crippen molar-refractivity contribution in [3.63, 3.8) is 0 Å². The van der Waals surface area contributed by atoms with Crippen LogP contribution in [0.3, 0.4) is 0 Å². The second kappa shape index (κ2) is 6.68. The molecule has 7 nitrogen and oxygen atoms in total. The maximum Gasteiger partial charge on any atom is 0.410 e. The van der Waals surface area contributed by atoms with Gasteiger partial charge < -0.3 is 14.7 Å². The summed E-state index contributed by atoms with van der Waals surface area (Å²) < 4.78 is 7.00. The summed E-state index contributed by atoms with van der Waals surface area (Å²) in [5.41, 5.74) is -2.15. The third-order valence-electron chi connectivity index (χ3n) is 5.71. The molecular formula is C19H29N3O4. The number of carbonyl (C=O) groups excluding carboxylic acids is 1. The normalized spacial score (nSPS) is 25.5. The van der Waals surface area contributed by atoms with Crippen molar-refractivity contribution in [1.82, 2.24) is 14.5 Å². The Kier molecular flexibility index (Phi) is 4.86. The summed E-state index contributed by atoms with van der Waals surface area (Å²) in [5.74, 6) is 0. The Labute approximate surface area is 154 Å². The Morgan fingerprint density at radius 3 is 2.62 bits per heavy atom. The first kappa shape index (κ1) is 18.9. The van der Waals surface area contributed by atoms with Crippen molar-refractivity contribution in [1.29, 1.82) is 0 Å². The molecule has 1 saturated carbocycles. The molecule has 1 amide bonds. The number of hydrogen-bond donors (Lipinski definition) is 1. The molecule has 3 rings (SSSR count). The molecule has 2 fully saturated rings. The quantitative estimate of drug-likeness (QED) is 0.870. The van der Waals surface area contributed by atoms with Crippen LogP contribution in [-0.4, -0.2) is 49.9 Å². The number of likely N-dealkylation sites (tertiary alicyclic amines) is 1. The minimum atomic E-state index is -1.03. The molecule has 144 valence electrons. The van der Waals surface area contributed by atoms with E-state index >= 15 is 0 Å². The fourth-order valence-corrected chi connectivity index (χ4v) is 4.36. The van der Waals surface area contributed by atoms with Gasteiger partial charge in [0.25, 0.3) is 5.56 Å². The number of amides is 1. The first-order chi connectivity index (χ1) is 12.1. The van der Waals surface area contributed by atoms with E-state index in [1.54, 1.807) is 4.90 Å². The van der Waals surface area contributed by atoms with Gasteiger partial charge in [-0.25, -0.2) is 9.78 Å². The molecule has 0 aromatic carbocycles. The highest BCUT2D eigenvalue weighted by Gasteiger charge is 2.56. The number of aliphatic hydroxyl groups is 1. The van der Waals surface area contributed by atoms with Crippen molar-refractivity contribution in [2.75, 3.05) is 13.1 Å². The molecule has 1 atom stereocenters. The van der Waals surface area contributed by atoms with Gasteiger partial charge in [-0.3, -0.25) is 9.36 Å². The van der Waals surface area contributed by atoms with Crippen molar-refractivity contribution in [3.05, 3.63) is 28.9 Å². The zero-order chi connectivity index (χ0) is 19.0. The Hall–Kier alpha value is -1.89. The van der Waals surface area contributed by atoms with E-state index in [0.29, 0.717) is 19.5 Å². The van der Waals surface area contributed by atoms with Gasteiger partial charge in [0.05, 0.1) is 18.5 Å². The molecule has 0 unspecified atom stereocenters. The van der Waals surface area contributed by atoms with Gasteiger partial charge in [-0.1, -0.05) is 12.8 Å². The lowest BCUT2D eigenvalue weighted by Gasteiger charge is -2.52. The Morgan fingerprint density at radius 2 is 2.00 bits per heavy atom.